The van der Waals surface area contributed by atoms with Crippen LogP contribution in [-0.2, 0) is 25.6 Å². The molecule has 1 aromatic heterocycles. The summed E-state index contributed by atoms with van der Waals surface area (Å²) in [6, 6.07) is -4.19. The van der Waals surface area contributed by atoms with Gasteiger partial charge in [0.05, 0.1) is 18.5 Å². The van der Waals surface area contributed by atoms with Crippen molar-refractivity contribution in [2.24, 2.45) is 0 Å². The molecule has 13 heteroatoms. The molecule has 3 amide bonds. The van der Waals surface area contributed by atoms with Crippen LogP contribution in [0.5, 0.6) is 0 Å². The number of hydrogen-bond acceptors (Lipinski definition) is 8. The lowest BCUT2D eigenvalue weighted by Crippen LogP contribution is -2.60. The van der Waals surface area contributed by atoms with E-state index in [0.29, 0.717) is 18.7 Å². The van der Waals surface area contributed by atoms with Crippen molar-refractivity contribution in [1.82, 2.24) is 31.2 Å². The zero-order valence-corrected chi connectivity index (χ0v) is 17.9. The molecule has 12 nitrogen and oxygen atoms in total. The van der Waals surface area contributed by atoms with Crippen LogP contribution in [-0.4, -0.2) is 86.4 Å². The lowest BCUT2D eigenvalue weighted by Gasteiger charge is -2.26. The van der Waals surface area contributed by atoms with E-state index >= 15 is 0 Å². The molecule has 1 aliphatic heterocycles. The number of thiol groups is 1. The minimum absolute atomic E-state index is 0.0762. The number of aliphatic hydroxyl groups excluding tert-OH is 1. The van der Waals surface area contributed by atoms with Crippen LogP contribution in [0, 0.1) is 0 Å². The number of carbonyl (C=O) groups excluding carboxylic acids is 3. The molecule has 0 radical (unpaired) electrons. The summed E-state index contributed by atoms with van der Waals surface area (Å²) < 4.78 is 0. The van der Waals surface area contributed by atoms with Crippen LogP contribution < -0.4 is 21.3 Å². The number of nitrogens with zero attached hydrogens (tertiary/aromatic N) is 1. The second kappa shape index (κ2) is 11.7. The largest absolute Gasteiger partial charge is 0.480 e. The molecule has 172 valence electrons. The molecular formula is C18H28N6O6S. The van der Waals surface area contributed by atoms with E-state index in [4.69, 9.17) is 5.11 Å². The molecule has 31 heavy (non-hydrogen) atoms. The lowest BCUT2D eigenvalue weighted by molar-refractivity contribution is -0.142. The van der Waals surface area contributed by atoms with Crippen LogP contribution in [0.4, 0.5) is 0 Å². The van der Waals surface area contributed by atoms with E-state index in [0.717, 1.165) is 6.42 Å². The Morgan fingerprint density at radius 2 is 1.97 bits per heavy atom. The zero-order valence-electron chi connectivity index (χ0n) is 17.0. The molecule has 7 N–H and O–H groups in total. The van der Waals surface area contributed by atoms with Gasteiger partial charge >= 0.3 is 5.97 Å². The Hall–Kier alpha value is -2.64. The minimum Gasteiger partial charge on any atom is -0.480 e. The topological polar surface area (TPSA) is 186 Å². The van der Waals surface area contributed by atoms with Crippen molar-refractivity contribution in [3.8, 4) is 0 Å². The number of carboxylic acid groups (broad SMARTS) is 1. The summed E-state index contributed by atoms with van der Waals surface area (Å²) in [5.41, 5.74) is 0.582. The fourth-order valence-corrected chi connectivity index (χ4v) is 3.36. The zero-order chi connectivity index (χ0) is 23.0. The highest BCUT2D eigenvalue weighted by atomic mass is 32.1. The normalized spacial score (nSPS) is 19.6. The number of aliphatic hydroxyl groups is 1. The molecule has 1 saturated heterocycles. The molecule has 0 saturated carbocycles. The Labute approximate surface area is 184 Å². The van der Waals surface area contributed by atoms with Gasteiger partial charge in [-0.05, 0) is 26.3 Å². The van der Waals surface area contributed by atoms with E-state index in [-0.39, 0.29) is 18.1 Å². The number of carbonyl (C=O) groups is 4. The van der Waals surface area contributed by atoms with E-state index < -0.39 is 48.1 Å². The fraction of sp³-hybridized carbons (Fsp3) is 0.611. The third kappa shape index (κ3) is 7.22. The average molecular weight is 457 g/mol. The van der Waals surface area contributed by atoms with E-state index in [9.17, 15) is 24.3 Å². The Kier molecular flexibility index (Phi) is 9.27. The standard InChI is InChI=1S/C18H28N6O6S/c1-9(25)14(17(28)23-13(7-31)18(29)30)24-16(27)12(5-10-6-19-8-21-10)22-15(26)11-3-2-4-20-11/h6,8-9,11-14,20,25,31H,2-5,7H2,1H3,(H,19,21)(H,22,26)(H,23,28)(H,24,27)(H,29,30). The van der Waals surface area contributed by atoms with Gasteiger partial charge in [0.1, 0.15) is 18.1 Å². The van der Waals surface area contributed by atoms with Crippen LogP contribution in [0.15, 0.2) is 12.5 Å². The van der Waals surface area contributed by atoms with Crippen molar-refractivity contribution < 1.29 is 29.4 Å². The summed E-state index contributed by atoms with van der Waals surface area (Å²) in [5, 5.41) is 29.4. The van der Waals surface area contributed by atoms with Gasteiger partial charge in [-0.3, -0.25) is 14.4 Å². The molecule has 2 heterocycles. The highest BCUT2D eigenvalue weighted by Gasteiger charge is 2.33. The molecule has 5 atom stereocenters. The highest BCUT2D eigenvalue weighted by Crippen LogP contribution is 2.07. The van der Waals surface area contributed by atoms with Crippen molar-refractivity contribution in [1.29, 1.82) is 0 Å². The number of H-pyrrole nitrogens is 1. The van der Waals surface area contributed by atoms with Crippen molar-refractivity contribution >= 4 is 36.3 Å². The minimum atomic E-state index is -1.43. The maximum absolute atomic E-state index is 12.9. The van der Waals surface area contributed by atoms with Gasteiger partial charge in [-0.1, -0.05) is 0 Å². The predicted octanol–water partition coefficient (Wildman–Crippen LogP) is -2.45. The Balaban J connectivity index is 2.11. The van der Waals surface area contributed by atoms with Gasteiger partial charge in [-0.15, -0.1) is 0 Å². The molecule has 0 spiro atoms. The second-order valence-electron chi connectivity index (χ2n) is 7.30. The molecule has 5 unspecified atom stereocenters. The number of imidazole rings is 1. The number of amides is 3. The first-order valence-corrected chi connectivity index (χ1v) is 10.5. The number of aromatic amines is 1. The van der Waals surface area contributed by atoms with Gasteiger partial charge < -0.3 is 36.5 Å². The lowest BCUT2D eigenvalue weighted by atomic mass is 10.1. The number of hydrogen-bond donors (Lipinski definition) is 8. The van der Waals surface area contributed by atoms with E-state index in [1.54, 1.807) is 0 Å². The molecule has 0 aromatic carbocycles. The van der Waals surface area contributed by atoms with E-state index in [1.165, 1.54) is 19.4 Å². The van der Waals surface area contributed by atoms with Crippen molar-refractivity contribution in [2.45, 2.75) is 56.5 Å². The molecule has 0 bridgehead atoms. The number of nitrogens with one attached hydrogen (secondary N) is 5. The van der Waals surface area contributed by atoms with Crippen molar-refractivity contribution in [3.63, 3.8) is 0 Å². The molecule has 0 aliphatic carbocycles. The molecule has 1 fully saturated rings. The Morgan fingerprint density at radius 1 is 1.23 bits per heavy atom. The van der Waals surface area contributed by atoms with Crippen molar-refractivity contribution in [3.05, 3.63) is 18.2 Å². The summed E-state index contributed by atoms with van der Waals surface area (Å²) >= 11 is 3.87. The summed E-state index contributed by atoms with van der Waals surface area (Å²) in [6.45, 7) is 1.99. The van der Waals surface area contributed by atoms with Crippen LogP contribution in [0.1, 0.15) is 25.5 Å². The number of aliphatic carboxylic acids is 1. The summed E-state index contributed by atoms with van der Waals surface area (Å²) in [6.07, 6.45) is 3.17. The van der Waals surface area contributed by atoms with Crippen LogP contribution in [0.25, 0.3) is 0 Å². The predicted molar refractivity (Wildman–Crippen MR) is 112 cm³/mol. The van der Waals surface area contributed by atoms with Gasteiger partial charge in [-0.25, -0.2) is 9.78 Å². The van der Waals surface area contributed by atoms with Crippen LogP contribution in [0.2, 0.25) is 0 Å². The summed E-state index contributed by atoms with van der Waals surface area (Å²) in [4.78, 5) is 55.8. The smallest absolute Gasteiger partial charge is 0.327 e. The first-order chi connectivity index (χ1) is 14.7. The van der Waals surface area contributed by atoms with Gasteiger partial charge in [-0.2, -0.15) is 12.6 Å². The van der Waals surface area contributed by atoms with Crippen LogP contribution >= 0.6 is 12.6 Å². The number of carboxylic acids is 1. The van der Waals surface area contributed by atoms with Gasteiger partial charge in [0.25, 0.3) is 0 Å². The summed E-state index contributed by atoms with van der Waals surface area (Å²) in [7, 11) is 0. The van der Waals surface area contributed by atoms with Gasteiger partial charge in [0, 0.05) is 24.1 Å². The first kappa shape index (κ1) is 24.6. The average Bonchev–Trinajstić information content (AvgIpc) is 3.42. The molecule has 2 rings (SSSR count). The van der Waals surface area contributed by atoms with E-state index in [1.807, 2.05) is 0 Å². The Bertz CT molecular complexity index is 768. The quantitative estimate of drug-likeness (QED) is 0.169. The van der Waals surface area contributed by atoms with Gasteiger partial charge in [0.15, 0.2) is 0 Å². The first-order valence-electron chi connectivity index (χ1n) is 9.86. The SMILES string of the molecule is CC(O)C(NC(=O)C(Cc1cnc[nH]1)NC(=O)C1CCCN1)C(=O)NC(CS)C(=O)O. The van der Waals surface area contributed by atoms with Crippen molar-refractivity contribution in [2.75, 3.05) is 12.3 Å². The monoisotopic (exact) mass is 456 g/mol. The highest BCUT2D eigenvalue weighted by molar-refractivity contribution is 7.80. The maximum atomic E-state index is 12.9. The third-order valence-corrected chi connectivity index (χ3v) is 5.21. The third-order valence-electron chi connectivity index (χ3n) is 4.85. The molecule has 1 aliphatic rings. The maximum Gasteiger partial charge on any atom is 0.327 e. The van der Waals surface area contributed by atoms with Crippen LogP contribution in [0.3, 0.4) is 0 Å². The summed E-state index contributed by atoms with van der Waals surface area (Å²) in [5.74, 6) is -3.41. The van der Waals surface area contributed by atoms with E-state index in [2.05, 4.69) is 43.9 Å². The fourth-order valence-electron chi connectivity index (χ4n) is 3.11. The number of aromatic nitrogens is 2. The molecule has 1 aromatic rings. The Morgan fingerprint density at radius 3 is 2.48 bits per heavy atom. The number of rotatable bonds is 11. The second-order valence-corrected chi connectivity index (χ2v) is 7.67. The van der Waals surface area contributed by atoms with Gasteiger partial charge in [0.2, 0.25) is 17.7 Å². The molecular weight excluding hydrogens is 428 g/mol.